The zero-order valence-corrected chi connectivity index (χ0v) is 22.6. The van der Waals surface area contributed by atoms with Gasteiger partial charge < -0.3 is 15.5 Å². The maximum atomic E-state index is 12.4. The van der Waals surface area contributed by atoms with Gasteiger partial charge in [-0.3, -0.25) is 4.79 Å². The Kier molecular flexibility index (Phi) is 19.3. The number of nitrogens with zero attached hydrogens (tertiary/aromatic N) is 1. The second kappa shape index (κ2) is 21.6. The highest BCUT2D eigenvalue weighted by Crippen LogP contribution is 2.12. The monoisotopic (exact) mass is 489 g/mol. The van der Waals surface area contributed by atoms with Crippen molar-refractivity contribution in [3.63, 3.8) is 0 Å². The van der Waals surface area contributed by atoms with E-state index in [1.807, 2.05) is 18.2 Å². The number of hydrogen-bond acceptors (Lipinski definition) is 3. The molecule has 1 aromatic heterocycles. The van der Waals surface area contributed by atoms with Crippen LogP contribution in [0.15, 0.2) is 36.7 Å². The summed E-state index contributed by atoms with van der Waals surface area (Å²) in [5, 5.41) is 22.8. The fourth-order valence-electron chi connectivity index (χ4n) is 4.28. The van der Waals surface area contributed by atoms with Crippen LogP contribution in [0.4, 0.5) is 0 Å². The molecule has 5 nitrogen and oxygen atoms in total. The van der Waals surface area contributed by atoms with Crippen molar-refractivity contribution in [1.82, 2.24) is 5.32 Å². The SMILES string of the molecule is CCCCCCCCCCCCC/C=C/[C@@H](O)[C@H](CO)NC(=O)CCc1ccc[n+](CCCC)c1. The number of nitrogens with one attached hydrogen (secondary N) is 1. The summed E-state index contributed by atoms with van der Waals surface area (Å²) >= 11 is 0. The molecule has 0 aliphatic heterocycles. The van der Waals surface area contributed by atoms with Gasteiger partial charge in [0.25, 0.3) is 0 Å². The molecule has 1 rings (SSSR count). The van der Waals surface area contributed by atoms with Crippen molar-refractivity contribution in [2.75, 3.05) is 6.61 Å². The molecule has 2 atom stereocenters. The molecule has 5 heteroatoms. The highest BCUT2D eigenvalue weighted by atomic mass is 16.3. The van der Waals surface area contributed by atoms with Gasteiger partial charge in [0, 0.05) is 24.5 Å². The maximum absolute atomic E-state index is 12.4. The molecular formula is C30H53N2O3+. The Morgan fingerprint density at radius 1 is 0.971 bits per heavy atom. The van der Waals surface area contributed by atoms with E-state index in [2.05, 4.69) is 36.1 Å². The number of carbonyl (C=O) groups is 1. The zero-order valence-electron chi connectivity index (χ0n) is 22.6. The molecule has 1 heterocycles. The first-order chi connectivity index (χ1) is 17.1. The fourth-order valence-corrected chi connectivity index (χ4v) is 4.28. The standard InChI is InChI=1S/C30H52N2O3/c1-3-5-7-8-9-10-11-12-13-14-15-16-17-20-29(34)28(26-33)31-30(35)22-21-27-19-18-24-32(25-27)23-6-4-2/h17-20,24-25,28-29,33-34H,3-16,21-23,26H2,1-2H3/p+1/b20-17+/t28-,29+/m0/s1. The molecule has 0 unspecified atom stereocenters. The minimum Gasteiger partial charge on any atom is -0.394 e. The molecule has 0 aliphatic rings. The first kappa shape index (κ1) is 31.3. The van der Waals surface area contributed by atoms with Crippen molar-refractivity contribution in [3.8, 4) is 0 Å². The van der Waals surface area contributed by atoms with E-state index in [0.717, 1.165) is 37.8 Å². The van der Waals surface area contributed by atoms with E-state index in [1.165, 1.54) is 64.2 Å². The average Bonchev–Trinajstić information content (AvgIpc) is 2.87. The van der Waals surface area contributed by atoms with Crippen molar-refractivity contribution in [2.24, 2.45) is 0 Å². The molecule has 0 aliphatic carbocycles. The molecular weight excluding hydrogens is 436 g/mol. The molecule has 0 saturated heterocycles. The third-order valence-electron chi connectivity index (χ3n) is 6.59. The van der Waals surface area contributed by atoms with Crippen LogP contribution >= 0.6 is 0 Å². The molecule has 200 valence electrons. The first-order valence-electron chi connectivity index (χ1n) is 14.3. The lowest BCUT2D eigenvalue weighted by molar-refractivity contribution is -0.697. The van der Waals surface area contributed by atoms with Gasteiger partial charge in [-0.15, -0.1) is 0 Å². The second-order valence-electron chi connectivity index (χ2n) is 9.90. The number of pyridine rings is 1. The molecule has 0 spiro atoms. The number of aromatic nitrogens is 1. The number of amides is 1. The van der Waals surface area contributed by atoms with Crippen LogP contribution in [0.1, 0.15) is 116 Å². The van der Waals surface area contributed by atoms with Crippen LogP contribution in [-0.2, 0) is 17.8 Å². The molecule has 0 saturated carbocycles. The summed E-state index contributed by atoms with van der Waals surface area (Å²) in [6.07, 6.45) is 25.7. The Morgan fingerprint density at radius 3 is 2.23 bits per heavy atom. The highest BCUT2D eigenvalue weighted by Gasteiger charge is 2.18. The largest absolute Gasteiger partial charge is 0.394 e. The molecule has 1 aromatic rings. The van der Waals surface area contributed by atoms with E-state index in [4.69, 9.17) is 0 Å². The Bertz CT molecular complexity index is 677. The lowest BCUT2D eigenvalue weighted by Crippen LogP contribution is -2.45. The van der Waals surface area contributed by atoms with Crippen molar-refractivity contribution >= 4 is 5.91 Å². The van der Waals surface area contributed by atoms with E-state index in [9.17, 15) is 15.0 Å². The quantitative estimate of drug-likeness (QED) is 0.109. The first-order valence-corrected chi connectivity index (χ1v) is 14.3. The zero-order chi connectivity index (χ0) is 25.6. The topological polar surface area (TPSA) is 73.4 Å². The summed E-state index contributed by atoms with van der Waals surface area (Å²) in [6.45, 7) is 5.14. The van der Waals surface area contributed by atoms with E-state index in [-0.39, 0.29) is 12.5 Å². The van der Waals surface area contributed by atoms with Crippen LogP contribution in [0, 0.1) is 0 Å². The van der Waals surface area contributed by atoms with Crippen LogP contribution in [0.2, 0.25) is 0 Å². The normalized spacial score (nSPS) is 13.3. The number of unbranched alkanes of at least 4 members (excludes halogenated alkanes) is 12. The average molecular weight is 490 g/mol. The lowest BCUT2D eigenvalue weighted by Gasteiger charge is -2.19. The number of allylic oxidation sites excluding steroid dienone is 1. The van der Waals surface area contributed by atoms with Gasteiger partial charge in [0.2, 0.25) is 5.91 Å². The number of aliphatic hydroxyl groups excluding tert-OH is 2. The minimum absolute atomic E-state index is 0.147. The Balaban J connectivity index is 2.17. The van der Waals surface area contributed by atoms with Crippen molar-refractivity contribution in [3.05, 3.63) is 42.2 Å². The molecule has 3 N–H and O–H groups in total. The summed E-state index contributed by atoms with van der Waals surface area (Å²) in [5.41, 5.74) is 1.12. The molecule has 0 bridgehead atoms. The van der Waals surface area contributed by atoms with Gasteiger partial charge in [0.05, 0.1) is 18.8 Å². The van der Waals surface area contributed by atoms with Gasteiger partial charge in [-0.2, -0.15) is 0 Å². The number of hydrogen-bond donors (Lipinski definition) is 3. The van der Waals surface area contributed by atoms with E-state index >= 15 is 0 Å². The molecule has 0 aromatic carbocycles. The van der Waals surface area contributed by atoms with Gasteiger partial charge in [-0.25, -0.2) is 4.57 Å². The van der Waals surface area contributed by atoms with Crippen LogP contribution in [0.5, 0.6) is 0 Å². The summed E-state index contributed by atoms with van der Waals surface area (Å²) in [4.78, 5) is 12.4. The summed E-state index contributed by atoms with van der Waals surface area (Å²) in [6, 6.07) is 3.39. The number of carbonyl (C=O) groups excluding carboxylic acids is 1. The second-order valence-corrected chi connectivity index (χ2v) is 9.90. The van der Waals surface area contributed by atoms with Gasteiger partial charge in [0.1, 0.15) is 6.54 Å². The Hall–Kier alpha value is -1.72. The maximum Gasteiger partial charge on any atom is 0.220 e. The highest BCUT2D eigenvalue weighted by molar-refractivity contribution is 5.76. The number of aryl methyl sites for hydroxylation is 2. The van der Waals surface area contributed by atoms with Crippen molar-refractivity contribution < 1.29 is 19.6 Å². The summed E-state index contributed by atoms with van der Waals surface area (Å²) < 4.78 is 2.16. The Morgan fingerprint density at radius 2 is 1.60 bits per heavy atom. The Labute approximate surface area is 215 Å². The van der Waals surface area contributed by atoms with Gasteiger partial charge in [0.15, 0.2) is 12.4 Å². The predicted molar refractivity (Wildman–Crippen MR) is 145 cm³/mol. The lowest BCUT2D eigenvalue weighted by atomic mass is 10.0. The van der Waals surface area contributed by atoms with Crippen LogP contribution in [0.3, 0.4) is 0 Å². The van der Waals surface area contributed by atoms with E-state index in [0.29, 0.717) is 12.8 Å². The van der Waals surface area contributed by atoms with Crippen molar-refractivity contribution in [1.29, 1.82) is 0 Å². The molecule has 0 fully saturated rings. The summed E-state index contributed by atoms with van der Waals surface area (Å²) in [7, 11) is 0. The van der Waals surface area contributed by atoms with Crippen molar-refractivity contribution in [2.45, 2.75) is 135 Å². The third kappa shape index (κ3) is 16.6. The fraction of sp³-hybridized carbons (Fsp3) is 0.733. The number of rotatable bonds is 22. The number of aliphatic hydroxyl groups is 2. The van der Waals surface area contributed by atoms with Crippen LogP contribution in [0.25, 0.3) is 0 Å². The van der Waals surface area contributed by atoms with Gasteiger partial charge in [-0.05, 0) is 25.3 Å². The smallest absolute Gasteiger partial charge is 0.220 e. The molecule has 35 heavy (non-hydrogen) atoms. The summed E-state index contributed by atoms with van der Waals surface area (Å²) in [5.74, 6) is -0.147. The van der Waals surface area contributed by atoms with Crippen LogP contribution < -0.4 is 9.88 Å². The van der Waals surface area contributed by atoms with Crippen LogP contribution in [-0.4, -0.2) is 34.9 Å². The minimum atomic E-state index is -0.871. The molecule has 0 radical (unpaired) electrons. The predicted octanol–water partition coefficient (Wildman–Crippen LogP) is 5.80. The van der Waals surface area contributed by atoms with E-state index in [1.54, 1.807) is 6.08 Å². The van der Waals surface area contributed by atoms with Gasteiger partial charge in [-0.1, -0.05) is 96.6 Å². The molecule has 1 amide bonds. The van der Waals surface area contributed by atoms with E-state index < -0.39 is 12.1 Å². The van der Waals surface area contributed by atoms with Gasteiger partial charge >= 0.3 is 0 Å². The third-order valence-corrected chi connectivity index (χ3v) is 6.59.